The number of nitrogens with zero attached hydrogens (tertiary/aromatic N) is 5. The lowest BCUT2D eigenvalue weighted by molar-refractivity contribution is -0.139. The van der Waals surface area contributed by atoms with Gasteiger partial charge in [0, 0.05) is 70.2 Å². The van der Waals surface area contributed by atoms with E-state index < -0.39 is 0 Å². The second-order valence-electron chi connectivity index (χ2n) is 6.64. The third kappa shape index (κ3) is 3.95. The van der Waals surface area contributed by atoms with Crippen LogP contribution in [0.15, 0.2) is 30.9 Å². The van der Waals surface area contributed by atoms with E-state index in [1.807, 2.05) is 41.9 Å². The van der Waals surface area contributed by atoms with Crippen molar-refractivity contribution in [2.75, 3.05) is 13.1 Å². The highest BCUT2D eigenvalue weighted by Gasteiger charge is 2.38. The third-order valence-electron chi connectivity index (χ3n) is 4.98. The van der Waals surface area contributed by atoms with Crippen LogP contribution in [0, 0.1) is 5.92 Å². The zero-order chi connectivity index (χ0) is 18.5. The molecule has 2 aromatic heterocycles. The second-order valence-corrected chi connectivity index (χ2v) is 6.64. The number of aryl methyl sites for hydroxylation is 2. The summed E-state index contributed by atoms with van der Waals surface area (Å²) < 4.78 is 3.70. The SMILES string of the molecule is CCN1C(=O)CC[C@H](CNC(=O)CCn2cccn2)[C@H]1c1nccn1C. The van der Waals surface area contributed by atoms with Gasteiger partial charge in [-0.3, -0.25) is 14.3 Å². The van der Waals surface area contributed by atoms with Gasteiger partial charge in [0.05, 0.1) is 6.04 Å². The first kappa shape index (κ1) is 18.2. The molecule has 8 nitrogen and oxygen atoms in total. The van der Waals surface area contributed by atoms with E-state index in [4.69, 9.17) is 0 Å². The third-order valence-corrected chi connectivity index (χ3v) is 4.98. The number of rotatable bonds is 7. The molecule has 1 aliphatic heterocycles. The number of aromatic nitrogens is 4. The minimum atomic E-state index is -0.104. The average molecular weight is 358 g/mol. The fourth-order valence-corrected chi connectivity index (χ4v) is 3.60. The zero-order valence-corrected chi connectivity index (χ0v) is 15.3. The van der Waals surface area contributed by atoms with Gasteiger partial charge in [0.15, 0.2) is 0 Å². The normalized spacial score (nSPS) is 20.4. The number of imidazole rings is 1. The van der Waals surface area contributed by atoms with Crippen LogP contribution in [0.2, 0.25) is 0 Å². The molecule has 0 bridgehead atoms. The first-order valence-electron chi connectivity index (χ1n) is 9.11. The summed E-state index contributed by atoms with van der Waals surface area (Å²) in [4.78, 5) is 30.9. The molecule has 3 rings (SSSR count). The van der Waals surface area contributed by atoms with Crippen LogP contribution >= 0.6 is 0 Å². The van der Waals surface area contributed by atoms with E-state index in [1.165, 1.54) is 0 Å². The van der Waals surface area contributed by atoms with Crippen LogP contribution in [0.3, 0.4) is 0 Å². The largest absolute Gasteiger partial charge is 0.356 e. The van der Waals surface area contributed by atoms with Crippen LogP contribution in [0.1, 0.15) is 38.1 Å². The molecule has 0 aliphatic carbocycles. The molecule has 2 aromatic rings. The Morgan fingerprint density at radius 3 is 2.85 bits per heavy atom. The summed E-state index contributed by atoms with van der Waals surface area (Å²) in [5.74, 6) is 1.18. The summed E-state index contributed by atoms with van der Waals surface area (Å²) in [6.07, 6.45) is 8.85. The highest BCUT2D eigenvalue weighted by molar-refractivity contribution is 5.78. The van der Waals surface area contributed by atoms with Crippen molar-refractivity contribution in [1.29, 1.82) is 0 Å². The highest BCUT2D eigenvalue weighted by Crippen LogP contribution is 2.35. The smallest absolute Gasteiger partial charge is 0.223 e. The number of likely N-dealkylation sites (tertiary alicyclic amines) is 1. The number of hydrogen-bond acceptors (Lipinski definition) is 4. The Hall–Kier alpha value is -2.64. The first-order valence-corrected chi connectivity index (χ1v) is 9.11. The molecule has 1 N–H and O–H groups in total. The standard InChI is InChI=1S/C18H26N6O2/c1-3-24-16(26)6-5-14(17(24)18-19-9-12-22(18)2)13-20-15(25)7-11-23-10-4-8-21-23/h4,8-10,12,14,17H,3,5-7,11,13H2,1-2H3,(H,20,25)/t14-,17+/m1/s1. The van der Waals surface area contributed by atoms with Crippen LogP contribution in [0.25, 0.3) is 0 Å². The van der Waals surface area contributed by atoms with E-state index in [-0.39, 0.29) is 23.8 Å². The summed E-state index contributed by atoms with van der Waals surface area (Å²) >= 11 is 0. The summed E-state index contributed by atoms with van der Waals surface area (Å²) in [6, 6.07) is 1.74. The van der Waals surface area contributed by atoms with Crippen LogP contribution in [-0.4, -0.2) is 49.1 Å². The van der Waals surface area contributed by atoms with E-state index in [0.29, 0.717) is 32.5 Å². The van der Waals surface area contributed by atoms with Crippen molar-refractivity contribution in [3.63, 3.8) is 0 Å². The Kier molecular flexibility index (Phi) is 5.70. The molecule has 1 aliphatic rings. The number of hydrogen-bond donors (Lipinski definition) is 1. The molecule has 3 heterocycles. The molecule has 0 radical (unpaired) electrons. The van der Waals surface area contributed by atoms with Crippen LogP contribution in [0.5, 0.6) is 0 Å². The quantitative estimate of drug-likeness (QED) is 0.804. The number of carbonyl (C=O) groups excluding carboxylic acids is 2. The maximum Gasteiger partial charge on any atom is 0.223 e. The Labute approximate surface area is 153 Å². The first-order chi connectivity index (χ1) is 12.6. The van der Waals surface area contributed by atoms with Gasteiger partial charge >= 0.3 is 0 Å². The molecular formula is C18H26N6O2. The Bertz CT molecular complexity index is 739. The van der Waals surface area contributed by atoms with Crippen molar-refractivity contribution in [3.8, 4) is 0 Å². The van der Waals surface area contributed by atoms with Crippen LogP contribution in [-0.2, 0) is 23.2 Å². The summed E-state index contributed by atoms with van der Waals surface area (Å²) in [6.45, 7) is 3.73. The van der Waals surface area contributed by atoms with E-state index in [9.17, 15) is 9.59 Å². The number of nitrogens with one attached hydrogen (secondary N) is 1. The van der Waals surface area contributed by atoms with E-state index >= 15 is 0 Å². The lowest BCUT2D eigenvalue weighted by atomic mass is 9.87. The number of amides is 2. The van der Waals surface area contributed by atoms with Gasteiger partial charge < -0.3 is 14.8 Å². The summed E-state index contributed by atoms with van der Waals surface area (Å²) in [5.41, 5.74) is 0. The van der Waals surface area contributed by atoms with E-state index in [1.54, 1.807) is 17.1 Å². The van der Waals surface area contributed by atoms with Crippen molar-refractivity contribution in [1.82, 2.24) is 29.5 Å². The Morgan fingerprint density at radius 2 is 2.19 bits per heavy atom. The highest BCUT2D eigenvalue weighted by atomic mass is 16.2. The predicted molar refractivity (Wildman–Crippen MR) is 95.9 cm³/mol. The van der Waals surface area contributed by atoms with Crippen molar-refractivity contribution in [3.05, 3.63) is 36.7 Å². The molecule has 0 unspecified atom stereocenters. The topological polar surface area (TPSA) is 85.1 Å². The van der Waals surface area contributed by atoms with Gasteiger partial charge in [0.25, 0.3) is 0 Å². The molecule has 2 atom stereocenters. The minimum absolute atomic E-state index is 0.000890. The van der Waals surface area contributed by atoms with E-state index in [0.717, 1.165) is 12.2 Å². The molecule has 140 valence electrons. The maximum atomic E-state index is 12.4. The predicted octanol–water partition coefficient (Wildman–Crippen LogP) is 1.12. The molecule has 26 heavy (non-hydrogen) atoms. The summed E-state index contributed by atoms with van der Waals surface area (Å²) in [7, 11) is 1.94. The van der Waals surface area contributed by atoms with Gasteiger partial charge in [-0.25, -0.2) is 4.98 Å². The fourth-order valence-electron chi connectivity index (χ4n) is 3.60. The van der Waals surface area contributed by atoms with Crippen molar-refractivity contribution in [2.24, 2.45) is 13.0 Å². The van der Waals surface area contributed by atoms with Gasteiger partial charge in [-0.15, -0.1) is 0 Å². The van der Waals surface area contributed by atoms with Gasteiger partial charge in [-0.05, 0) is 19.4 Å². The fraction of sp³-hybridized carbons (Fsp3) is 0.556. The molecule has 0 spiro atoms. The maximum absolute atomic E-state index is 12.4. The minimum Gasteiger partial charge on any atom is -0.356 e. The molecule has 1 saturated heterocycles. The van der Waals surface area contributed by atoms with E-state index in [2.05, 4.69) is 15.4 Å². The second kappa shape index (κ2) is 8.16. The molecule has 8 heteroatoms. The lowest BCUT2D eigenvalue weighted by Gasteiger charge is -2.40. The monoisotopic (exact) mass is 358 g/mol. The molecular weight excluding hydrogens is 332 g/mol. The van der Waals surface area contributed by atoms with Crippen molar-refractivity contribution in [2.45, 2.75) is 38.8 Å². The van der Waals surface area contributed by atoms with Gasteiger partial charge in [-0.2, -0.15) is 5.10 Å². The summed E-state index contributed by atoms with van der Waals surface area (Å²) in [5, 5.41) is 7.14. The number of carbonyl (C=O) groups is 2. The van der Waals surface area contributed by atoms with Crippen molar-refractivity contribution >= 4 is 11.8 Å². The molecule has 0 aromatic carbocycles. The molecule has 2 amide bonds. The Morgan fingerprint density at radius 1 is 1.35 bits per heavy atom. The van der Waals surface area contributed by atoms with Crippen molar-refractivity contribution < 1.29 is 9.59 Å². The Balaban J connectivity index is 1.63. The van der Waals surface area contributed by atoms with Gasteiger partial charge in [-0.1, -0.05) is 0 Å². The molecule has 1 fully saturated rings. The van der Waals surface area contributed by atoms with Gasteiger partial charge in [0.1, 0.15) is 5.82 Å². The number of piperidine rings is 1. The average Bonchev–Trinajstić information content (AvgIpc) is 3.30. The van der Waals surface area contributed by atoms with Crippen LogP contribution in [0.4, 0.5) is 0 Å². The lowest BCUT2D eigenvalue weighted by Crippen LogP contribution is -2.47. The zero-order valence-electron chi connectivity index (χ0n) is 15.3. The van der Waals surface area contributed by atoms with Gasteiger partial charge in [0.2, 0.25) is 11.8 Å². The molecule has 0 saturated carbocycles. The van der Waals surface area contributed by atoms with Crippen LogP contribution < -0.4 is 5.32 Å².